The number of benzene rings is 2. The zero-order chi connectivity index (χ0) is 20.1. The van der Waals surface area contributed by atoms with Gasteiger partial charge in [-0.3, -0.25) is 14.2 Å². The highest BCUT2D eigenvalue weighted by atomic mass is 16.5. The molecule has 0 atom stereocenters. The minimum Gasteiger partial charge on any atom is -0.421 e. The molecule has 0 aliphatic carbocycles. The summed E-state index contributed by atoms with van der Waals surface area (Å²) < 4.78 is 6.61. The molecule has 0 aliphatic heterocycles. The van der Waals surface area contributed by atoms with Gasteiger partial charge in [0, 0.05) is 11.1 Å². The lowest BCUT2D eigenvalue weighted by Gasteiger charge is -2.16. The molecule has 0 aliphatic rings. The summed E-state index contributed by atoms with van der Waals surface area (Å²) in [6.07, 6.45) is 0.173. The van der Waals surface area contributed by atoms with Crippen LogP contribution in [0.15, 0.2) is 70.3 Å². The van der Waals surface area contributed by atoms with Gasteiger partial charge in [-0.25, -0.2) is 4.79 Å². The Morgan fingerprint density at radius 1 is 1.00 bits per heavy atom. The summed E-state index contributed by atoms with van der Waals surface area (Å²) in [5.74, 6) is -0.476. The van der Waals surface area contributed by atoms with Crippen LogP contribution in [0.2, 0.25) is 0 Å². The quantitative estimate of drug-likeness (QED) is 0.501. The van der Waals surface area contributed by atoms with Gasteiger partial charge in [-0.1, -0.05) is 72.3 Å². The predicted molar refractivity (Wildman–Crippen MR) is 103 cm³/mol. The first kappa shape index (κ1) is 19.3. The molecule has 1 aromatic heterocycles. The number of carbonyl (C=O) groups excluding carboxylic acids is 1. The molecule has 0 saturated heterocycles. The number of aromatic nitrogens is 2. The van der Waals surface area contributed by atoms with Crippen molar-refractivity contribution in [2.24, 2.45) is 0 Å². The van der Waals surface area contributed by atoms with E-state index in [1.165, 1.54) is 0 Å². The molecule has 1 N–H and O–H groups in total. The topological polar surface area (TPSA) is 90.5 Å². The number of carbonyl (C=O) groups is 1. The van der Waals surface area contributed by atoms with Crippen molar-refractivity contribution in [3.63, 3.8) is 0 Å². The van der Waals surface area contributed by atoms with Crippen molar-refractivity contribution in [2.45, 2.75) is 26.7 Å². The standard InChI is InChI=1S/C21H20N2O5/c1-2-17-18(19(24)16-11-7-4-8-12-16)22(21(26)23(27)20(17)25)14-28-13-15-9-5-3-6-10-15/h3-12,27H,2,13-14H2,1H3. The molecule has 0 saturated carbocycles. The third-order valence-electron chi connectivity index (χ3n) is 4.35. The van der Waals surface area contributed by atoms with E-state index in [0.29, 0.717) is 5.56 Å². The molecule has 3 aromatic rings. The zero-order valence-corrected chi connectivity index (χ0v) is 15.4. The van der Waals surface area contributed by atoms with E-state index in [2.05, 4.69) is 0 Å². The van der Waals surface area contributed by atoms with Gasteiger partial charge in [0.25, 0.3) is 5.56 Å². The van der Waals surface area contributed by atoms with E-state index in [-0.39, 0.29) is 35.7 Å². The molecule has 0 radical (unpaired) electrons. The highest BCUT2D eigenvalue weighted by molar-refractivity contribution is 6.08. The molecule has 3 rings (SSSR count). The first-order chi connectivity index (χ1) is 13.5. The fraction of sp³-hybridized carbons (Fsp3) is 0.190. The number of rotatable bonds is 7. The largest absolute Gasteiger partial charge is 0.421 e. The third-order valence-corrected chi connectivity index (χ3v) is 4.35. The van der Waals surface area contributed by atoms with E-state index in [4.69, 9.17) is 4.74 Å². The molecule has 2 aromatic carbocycles. The van der Waals surface area contributed by atoms with E-state index in [1.807, 2.05) is 30.3 Å². The second-order valence-corrected chi connectivity index (χ2v) is 6.17. The lowest BCUT2D eigenvalue weighted by Crippen LogP contribution is -2.44. The Labute approximate surface area is 161 Å². The van der Waals surface area contributed by atoms with Crippen molar-refractivity contribution in [3.8, 4) is 0 Å². The van der Waals surface area contributed by atoms with Crippen molar-refractivity contribution in [1.82, 2.24) is 9.30 Å². The van der Waals surface area contributed by atoms with Crippen molar-refractivity contribution < 1.29 is 14.7 Å². The average molecular weight is 380 g/mol. The number of ether oxygens (including phenoxy) is 1. The van der Waals surface area contributed by atoms with Gasteiger partial charge in [0.05, 0.1) is 6.61 Å². The summed E-state index contributed by atoms with van der Waals surface area (Å²) >= 11 is 0. The molecule has 0 bridgehead atoms. The van der Waals surface area contributed by atoms with E-state index in [0.717, 1.165) is 10.1 Å². The van der Waals surface area contributed by atoms with Gasteiger partial charge >= 0.3 is 5.69 Å². The Kier molecular flexibility index (Phi) is 5.86. The van der Waals surface area contributed by atoms with E-state index < -0.39 is 17.0 Å². The van der Waals surface area contributed by atoms with Gasteiger partial charge in [-0.15, -0.1) is 0 Å². The summed E-state index contributed by atoms with van der Waals surface area (Å²) in [4.78, 5) is 37.9. The Balaban J connectivity index is 2.04. The molecular weight excluding hydrogens is 360 g/mol. The summed E-state index contributed by atoms with van der Waals surface area (Å²) in [5.41, 5.74) is -0.704. The molecule has 1 heterocycles. The molecule has 0 fully saturated rings. The zero-order valence-electron chi connectivity index (χ0n) is 15.4. The van der Waals surface area contributed by atoms with Crippen molar-refractivity contribution >= 4 is 5.78 Å². The summed E-state index contributed by atoms with van der Waals surface area (Å²) in [5, 5.41) is 9.90. The van der Waals surface area contributed by atoms with Crippen molar-refractivity contribution in [1.29, 1.82) is 0 Å². The van der Waals surface area contributed by atoms with Gasteiger partial charge in [0.1, 0.15) is 12.4 Å². The molecule has 28 heavy (non-hydrogen) atoms. The van der Waals surface area contributed by atoms with Crippen LogP contribution < -0.4 is 11.2 Å². The normalized spacial score (nSPS) is 10.8. The van der Waals surface area contributed by atoms with E-state index in [9.17, 15) is 19.6 Å². The Bertz CT molecular complexity index is 1090. The third kappa shape index (κ3) is 3.79. The van der Waals surface area contributed by atoms with E-state index >= 15 is 0 Å². The van der Waals surface area contributed by atoms with Crippen LogP contribution in [-0.2, 0) is 24.5 Å². The van der Waals surface area contributed by atoms with Crippen LogP contribution in [-0.4, -0.2) is 20.3 Å². The summed E-state index contributed by atoms with van der Waals surface area (Å²) in [6, 6.07) is 17.7. The minimum absolute atomic E-state index is 0.0203. The Hall–Kier alpha value is -3.45. The Morgan fingerprint density at radius 2 is 1.61 bits per heavy atom. The predicted octanol–water partition coefficient (Wildman–Crippen LogP) is 2.21. The van der Waals surface area contributed by atoms with Crippen molar-refractivity contribution in [3.05, 3.63) is 104 Å². The minimum atomic E-state index is -1.02. The lowest BCUT2D eigenvalue weighted by atomic mass is 10.0. The molecule has 7 nitrogen and oxygen atoms in total. The fourth-order valence-electron chi connectivity index (χ4n) is 2.94. The van der Waals surface area contributed by atoms with Crippen LogP contribution >= 0.6 is 0 Å². The molecule has 7 heteroatoms. The van der Waals surface area contributed by atoms with Crippen molar-refractivity contribution in [2.75, 3.05) is 0 Å². The highest BCUT2D eigenvalue weighted by Gasteiger charge is 2.24. The first-order valence-electron chi connectivity index (χ1n) is 8.84. The summed E-state index contributed by atoms with van der Waals surface area (Å²) in [7, 11) is 0. The number of hydrogen-bond donors (Lipinski definition) is 1. The molecule has 0 spiro atoms. The average Bonchev–Trinajstić information content (AvgIpc) is 2.74. The fourth-order valence-corrected chi connectivity index (χ4v) is 2.94. The maximum Gasteiger partial charge on any atom is 0.366 e. The first-order valence-corrected chi connectivity index (χ1v) is 8.84. The molecule has 0 amide bonds. The van der Waals surface area contributed by atoms with Crippen LogP contribution in [0.3, 0.4) is 0 Å². The van der Waals surface area contributed by atoms with Crippen LogP contribution in [0.1, 0.15) is 34.1 Å². The maximum absolute atomic E-state index is 13.1. The monoisotopic (exact) mass is 380 g/mol. The second-order valence-electron chi connectivity index (χ2n) is 6.17. The molecular formula is C21H20N2O5. The van der Waals surface area contributed by atoms with Crippen LogP contribution in [0.25, 0.3) is 0 Å². The van der Waals surface area contributed by atoms with Gasteiger partial charge in [-0.2, -0.15) is 0 Å². The van der Waals surface area contributed by atoms with Crippen LogP contribution in [0.5, 0.6) is 0 Å². The van der Waals surface area contributed by atoms with Crippen LogP contribution in [0, 0.1) is 0 Å². The number of hydrogen-bond acceptors (Lipinski definition) is 5. The number of ketones is 1. The number of nitrogens with zero attached hydrogens (tertiary/aromatic N) is 2. The Morgan fingerprint density at radius 3 is 2.21 bits per heavy atom. The maximum atomic E-state index is 13.1. The SMILES string of the molecule is CCc1c(C(=O)c2ccccc2)n(COCc2ccccc2)c(=O)n(O)c1=O. The summed E-state index contributed by atoms with van der Waals surface area (Å²) in [6.45, 7) is 1.60. The van der Waals surface area contributed by atoms with E-state index in [1.54, 1.807) is 37.3 Å². The lowest BCUT2D eigenvalue weighted by molar-refractivity contribution is 0.0492. The van der Waals surface area contributed by atoms with Gasteiger partial charge in [0.2, 0.25) is 5.78 Å². The highest BCUT2D eigenvalue weighted by Crippen LogP contribution is 2.12. The van der Waals surface area contributed by atoms with Gasteiger partial charge in [-0.05, 0) is 12.0 Å². The second kappa shape index (κ2) is 8.49. The van der Waals surface area contributed by atoms with Gasteiger partial charge in [0.15, 0.2) is 0 Å². The van der Waals surface area contributed by atoms with Gasteiger partial charge < -0.3 is 9.94 Å². The molecule has 0 unspecified atom stereocenters. The smallest absolute Gasteiger partial charge is 0.366 e. The van der Waals surface area contributed by atoms with Crippen LogP contribution in [0.4, 0.5) is 0 Å². The molecule has 144 valence electrons.